The molecule has 0 aromatic heterocycles. The molecule has 1 aliphatic rings. The van der Waals surface area contributed by atoms with Crippen LogP contribution in [0.1, 0.15) is 50.8 Å². The van der Waals surface area contributed by atoms with Gasteiger partial charge in [0.1, 0.15) is 5.75 Å². The highest BCUT2D eigenvalue weighted by Gasteiger charge is 2.19. The lowest BCUT2D eigenvalue weighted by atomic mass is 9.99. The lowest BCUT2D eigenvalue weighted by molar-refractivity contribution is -0.127. The molecule has 3 atom stereocenters. The number of amides is 1. The largest absolute Gasteiger partial charge is 0.481 e. The van der Waals surface area contributed by atoms with E-state index < -0.39 is 6.10 Å². The number of hydrogen-bond donors (Lipinski definition) is 1. The Kier molecular flexibility index (Phi) is 6.61. The Balaban J connectivity index is 1.55. The second-order valence-electron chi connectivity index (χ2n) is 8.09. The van der Waals surface area contributed by atoms with Crippen molar-refractivity contribution in [3.8, 4) is 5.75 Å². The normalized spacial score (nSPS) is 19.0. The van der Waals surface area contributed by atoms with Crippen LogP contribution in [-0.4, -0.2) is 25.1 Å². The minimum Gasteiger partial charge on any atom is -0.481 e. The van der Waals surface area contributed by atoms with Crippen LogP contribution >= 0.6 is 0 Å². The molecule has 0 saturated carbocycles. The van der Waals surface area contributed by atoms with Crippen molar-refractivity contribution >= 4 is 11.6 Å². The van der Waals surface area contributed by atoms with Gasteiger partial charge in [-0.25, -0.2) is 0 Å². The number of piperidine rings is 1. The zero-order valence-electron chi connectivity index (χ0n) is 17.4. The van der Waals surface area contributed by atoms with Gasteiger partial charge in [0.2, 0.25) is 0 Å². The van der Waals surface area contributed by atoms with Crippen LogP contribution in [-0.2, 0) is 4.79 Å². The molecule has 4 heteroatoms. The van der Waals surface area contributed by atoms with E-state index in [1.165, 1.54) is 24.1 Å². The predicted molar refractivity (Wildman–Crippen MR) is 115 cm³/mol. The summed E-state index contributed by atoms with van der Waals surface area (Å²) in [6, 6.07) is 16.2. The van der Waals surface area contributed by atoms with E-state index in [2.05, 4.69) is 41.4 Å². The first-order valence-corrected chi connectivity index (χ1v) is 10.3. The van der Waals surface area contributed by atoms with Crippen LogP contribution in [0.15, 0.2) is 48.5 Å². The zero-order chi connectivity index (χ0) is 20.1. The molecule has 1 aliphatic heterocycles. The van der Waals surface area contributed by atoms with E-state index in [1.807, 2.05) is 38.1 Å². The molecule has 1 fully saturated rings. The van der Waals surface area contributed by atoms with Crippen LogP contribution in [0, 0.1) is 12.8 Å². The van der Waals surface area contributed by atoms with Crippen LogP contribution in [0.25, 0.3) is 0 Å². The molecule has 1 heterocycles. The van der Waals surface area contributed by atoms with E-state index in [-0.39, 0.29) is 11.9 Å². The zero-order valence-corrected chi connectivity index (χ0v) is 17.4. The quantitative estimate of drug-likeness (QED) is 0.777. The van der Waals surface area contributed by atoms with Gasteiger partial charge < -0.3 is 15.0 Å². The summed E-state index contributed by atoms with van der Waals surface area (Å²) in [6.45, 7) is 10.4. The van der Waals surface area contributed by atoms with E-state index in [0.29, 0.717) is 5.75 Å². The molecule has 0 radical (unpaired) electrons. The minimum atomic E-state index is -0.542. The first-order chi connectivity index (χ1) is 13.4. The standard InChI is InChI=1S/C24H32N2O2/c1-17-7-13-23(14-8-17)28-20(4)24(27)25-19(3)21-9-11-22(12-10-21)26-15-5-6-18(2)16-26/h7-14,18-20H,5-6,15-16H2,1-4H3,(H,25,27)/t18-,19-,20+/m0/s1. The van der Waals surface area contributed by atoms with Crippen molar-refractivity contribution < 1.29 is 9.53 Å². The average molecular weight is 381 g/mol. The van der Waals surface area contributed by atoms with E-state index >= 15 is 0 Å². The van der Waals surface area contributed by atoms with Gasteiger partial charge in [0.25, 0.3) is 5.91 Å². The number of rotatable bonds is 6. The first-order valence-electron chi connectivity index (χ1n) is 10.3. The Bertz CT molecular complexity index is 770. The van der Waals surface area contributed by atoms with Gasteiger partial charge in [-0.15, -0.1) is 0 Å². The number of hydrogen-bond acceptors (Lipinski definition) is 3. The smallest absolute Gasteiger partial charge is 0.261 e. The fourth-order valence-electron chi connectivity index (χ4n) is 3.69. The maximum absolute atomic E-state index is 12.5. The fraction of sp³-hybridized carbons (Fsp3) is 0.458. The highest BCUT2D eigenvalue weighted by molar-refractivity contribution is 5.81. The Morgan fingerprint density at radius 2 is 1.79 bits per heavy atom. The Hall–Kier alpha value is -2.49. The van der Waals surface area contributed by atoms with Crippen molar-refractivity contribution in [2.45, 2.75) is 52.7 Å². The van der Waals surface area contributed by atoms with Gasteiger partial charge >= 0.3 is 0 Å². The summed E-state index contributed by atoms with van der Waals surface area (Å²) in [5, 5.41) is 3.06. The Morgan fingerprint density at radius 1 is 1.11 bits per heavy atom. The molecule has 2 aromatic carbocycles. The van der Waals surface area contributed by atoms with Crippen LogP contribution in [0.3, 0.4) is 0 Å². The van der Waals surface area contributed by atoms with E-state index in [0.717, 1.165) is 24.6 Å². The predicted octanol–water partition coefficient (Wildman–Crippen LogP) is 4.88. The highest BCUT2D eigenvalue weighted by Crippen LogP contribution is 2.24. The van der Waals surface area contributed by atoms with E-state index in [1.54, 1.807) is 6.92 Å². The topological polar surface area (TPSA) is 41.6 Å². The molecule has 150 valence electrons. The summed E-state index contributed by atoms with van der Waals surface area (Å²) >= 11 is 0. The van der Waals surface area contributed by atoms with Gasteiger partial charge in [-0.05, 0) is 69.4 Å². The van der Waals surface area contributed by atoms with Crippen LogP contribution in [0.5, 0.6) is 5.75 Å². The van der Waals surface area contributed by atoms with Crippen molar-refractivity contribution in [2.24, 2.45) is 5.92 Å². The van der Waals surface area contributed by atoms with Gasteiger partial charge in [-0.3, -0.25) is 4.79 Å². The molecule has 0 aliphatic carbocycles. The number of carbonyl (C=O) groups excluding carboxylic acids is 1. The molecule has 3 rings (SSSR count). The number of nitrogens with one attached hydrogen (secondary N) is 1. The first kappa shape index (κ1) is 20.2. The lowest BCUT2D eigenvalue weighted by Crippen LogP contribution is -2.37. The molecule has 0 unspecified atom stereocenters. The second-order valence-corrected chi connectivity index (χ2v) is 8.09. The van der Waals surface area contributed by atoms with Crippen LogP contribution < -0.4 is 15.0 Å². The summed E-state index contributed by atoms with van der Waals surface area (Å²) < 4.78 is 5.76. The highest BCUT2D eigenvalue weighted by atomic mass is 16.5. The van der Waals surface area contributed by atoms with Gasteiger partial charge in [0.15, 0.2) is 6.10 Å². The summed E-state index contributed by atoms with van der Waals surface area (Å²) in [4.78, 5) is 15.0. The third-order valence-corrected chi connectivity index (χ3v) is 5.48. The molecule has 4 nitrogen and oxygen atoms in total. The number of ether oxygens (including phenoxy) is 1. The number of anilines is 1. The summed E-state index contributed by atoms with van der Waals surface area (Å²) in [6.07, 6.45) is 2.04. The third-order valence-electron chi connectivity index (χ3n) is 5.48. The van der Waals surface area contributed by atoms with Gasteiger partial charge in [0.05, 0.1) is 6.04 Å². The molecule has 0 spiro atoms. The molecule has 1 N–H and O–H groups in total. The van der Waals surface area contributed by atoms with Crippen molar-refractivity contribution in [2.75, 3.05) is 18.0 Å². The Morgan fingerprint density at radius 3 is 2.43 bits per heavy atom. The molecule has 0 bridgehead atoms. The van der Waals surface area contributed by atoms with Crippen molar-refractivity contribution in [3.05, 3.63) is 59.7 Å². The van der Waals surface area contributed by atoms with Crippen molar-refractivity contribution in [1.82, 2.24) is 5.32 Å². The SMILES string of the molecule is Cc1ccc(O[C@H](C)C(=O)N[C@@H](C)c2ccc(N3CCC[C@H](C)C3)cc2)cc1. The number of nitrogens with zero attached hydrogens (tertiary/aromatic N) is 1. The average Bonchev–Trinajstić information content (AvgIpc) is 2.69. The molecular weight excluding hydrogens is 348 g/mol. The van der Waals surface area contributed by atoms with Gasteiger partial charge in [-0.2, -0.15) is 0 Å². The molecule has 1 amide bonds. The summed E-state index contributed by atoms with van der Waals surface area (Å²) in [5.41, 5.74) is 3.54. The van der Waals surface area contributed by atoms with E-state index in [9.17, 15) is 4.79 Å². The van der Waals surface area contributed by atoms with Crippen LogP contribution in [0.2, 0.25) is 0 Å². The molecule has 28 heavy (non-hydrogen) atoms. The monoisotopic (exact) mass is 380 g/mol. The van der Waals surface area contributed by atoms with Gasteiger partial charge in [-0.1, -0.05) is 36.8 Å². The third kappa shape index (κ3) is 5.28. The van der Waals surface area contributed by atoms with Crippen LogP contribution in [0.4, 0.5) is 5.69 Å². The minimum absolute atomic E-state index is 0.0640. The summed E-state index contributed by atoms with van der Waals surface area (Å²) in [7, 11) is 0. The number of benzene rings is 2. The van der Waals surface area contributed by atoms with Crippen molar-refractivity contribution in [3.63, 3.8) is 0 Å². The molecule has 1 saturated heterocycles. The van der Waals surface area contributed by atoms with E-state index in [4.69, 9.17) is 4.74 Å². The molecule has 2 aromatic rings. The number of carbonyl (C=O) groups is 1. The maximum Gasteiger partial charge on any atom is 0.261 e. The molecular formula is C24H32N2O2. The maximum atomic E-state index is 12.5. The number of aryl methyl sites for hydroxylation is 1. The second kappa shape index (κ2) is 9.13. The van der Waals surface area contributed by atoms with Crippen molar-refractivity contribution in [1.29, 1.82) is 0 Å². The Labute approximate surface area is 168 Å². The summed E-state index contributed by atoms with van der Waals surface area (Å²) in [5.74, 6) is 1.35. The lowest BCUT2D eigenvalue weighted by Gasteiger charge is -2.33. The van der Waals surface area contributed by atoms with Gasteiger partial charge in [0, 0.05) is 18.8 Å². The fourth-order valence-corrected chi connectivity index (χ4v) is 3.69.